The minimum atomic E-state index is -0.234. The van der Waals surface area contributed by atoms with Crippen LogP contribution in [-0.2, 0) is 4.79 Å². The van der Waals surface area contributed by atoms with Crippen LogP contribution in [0.15, 0.2) is 42.5 Å². The second-order valence-corrected chi connectivity index (χ2v) is 6.41. The molecule has 3 rings (SSSR count). The van der Waals surface area contributed by atoms with Gasteiger partial charge in [-0.05, 0) is 56.0 Å². The third kappa shape index (κ3) is 3.78. The molecule has 1 amide bonds. The van der Waals surface area contributed by atoms with Crippen LogP contribution >= 0.6 is 0 Å². The third-order valence-corrected chi connectivity index (χ3v) is 4.19. The maximum atomic E-state index is 12.5. The molecule has 2 aromatic carbocycles. The van der Waals surface area contributed by atoms with Gasteiger partial charge in [0, 0.05) is 11.7 Å². The van der Waals surface area contributed by atoms with Gasteiger partial charge in [0.1, 0.15) is 6.04 Å². The molecule has 1 fully saturated rings. The number of nitrogens with one attached hydrogen (secondary N) is 3. The van der Waals surface area contributed by atoms with Crippen LogP contribution < -0.4 is 16.2 Å². The van der Waals surface area contributed by atoms with Gasteiger partial charge in [-0.25, -0.2) is 10.9 Å². The van der Waals surface area contributed by atoms with Gasteiger partial charge in [0.05, 0.1) is 0 Å². The van der Waals surface area contributed by atoms with Crippen molar-refractivity contribution in [2.24, 2.45) is 0 Å². The second-order valence-electron chi connectivity index (χ2n) is 6.41. The summed E-state index contributed by atoms with van der Waals surface area (Å²) in [7, 11) is 0. The first-order valence-electron chi connectivity index (χ1n) is 7.98. The quantitative estimate of drug-likeness (QED) is 0.816. The predicted octanol–water partition coefficient (Wildman–Crippen LogP) is 3.16. The minimum absolute atomic E-state index is 0.00267. The Morgan fingerprint density at radius 3 is 2.26 bits per heavy atom. The first-order chi connectivity index (χ1) is 11.0. The van der Waals surface area contributed by atoms with Crippen molar-refractivity contribution in [3.05, 3.63) is 64.7 Å². The van der Waals surface area contributed by atoms with Crippen LogP contribution in [0, 0.1) is 20.8 Å². The highest BCUT2D eigenvalue weighted by molar-refractivity contribution is 5.95. The van der Waals surface area contributed by atoms with Gasteiger partial charge in [0.25, 0.3) is 0 Å². The molecule has 0 bridgehead atoms. The lowest BCUT2D eigenvalue weighted by atomic mass is 10.0. The number of hydrogen-bond donors (Lipinski definition) is 3. The van der Waals surface area contributed by atoms with E-state index in [1.54, 1.807) is 0 Å². The molecule has 1 aliphatic rings. The second kappa shape index (κ2) is 6.52. The van der Waals surface area contributed by atoms with E-state index in [9.17, 15) is 4.79 Å². The van der Waals surface area contributed by atoms with Gasteiger partial charge in [0.15, 0.2) is 0 Å². The summed E-state index contributed by atoms with van der Waals surface area (Å²) in [6, 6.07) is 14.4. The van der Waals surface area contributed by atoms with Crippen molar-refractivity contribution in [3.8, 4) is 0 Å². The van der Waals surface area contributed by atoms with Gasteiger partial charge < -0.3 is 5.32 Å². The van der Waals surface area contributed by atoms with Gasteiger partial charge in [-0.15, -0.1) is 0 Å². The molecule has 0 spiro atoms. The molecular formula is C19H23N3O. The Morgan fingerprint density at radius 2 is 1.61 bits per heavy atom. The van der Waals surface area contributed by atoms with Crippen molar-refractivity contribution >= 4 is 11.6 Å². The Labute approximate surface area is 137 Å². The van der Waals surface area contributed by atoms with Crippen LogP contribution in [0.5, 0.6) is 0 Å². The van der Waals surface area contributed by atoms with Crippen LogP contribution in [0.4, 0.5) is 5.69 Å². The summed E-state index contributed by atoms with van der Waals surface area (Å²) in [4.78, 5) is 12.5. The highest BCUT2D eigenvalue weighted by Gasteiger charge is 2.30. The van der Waals surface area contributed by atoms with Crippen molar-refractivity contribution in [1.82, 2.24) is 10.9 Å². The number of aryl methyl sites for hydroxylation is 3. The Balaban J connectivity index is 1.64. The van der Waals surface area contributed by atoms with Gasteiger partial charge in [-0.1, -0.05) is 35.9 Å². The summed E-state index contributed by atoms with van der Waals surface area (Å²) in [6.45, 7) is 6.14. The van der Waals surface area contributed by atoms with E-state index in [0.717, 1.165) is 23.2 Å². The molecular weight excluding hydrogens is 286 g/mol. The Morgan fingerprint density at radius 1 is 0.957 bits per heavy atom. The van der Waals surface area contributed by atoms with Crippen LogP contribution in [0.25, 0.3) is 0 Å². The predicted molar refractivity (Wildman–Crippen MR) is 93.1 cm³/mol. The monoisotopic (exact) mass is 309 g/mol. The van der Waals surface area contributed by atoms with Crippen molar-refractivity contribution < 1.29 is 4.79 Å². The molecule has 4 heteroatoms. The fourth-order valence-electron chi connectivity index (χ4n) is 3.02. The number of benzene rings is 2. The standard InChI is InChI=1S/C19H23N3O/c1-12-4-6-15(7-5-12)17-11-18(22-21-17)19(23)20-16-9-13(2)8-14(3)10-16/h4-10,17-18,21-22H,11H2,1-3H3,(H,20,23). The lowest BCUT2D eigenvalue weighted by Gasteiger charge is -2.12. The number of hydrazine groups is 1. The zero-order chi connectivity index (χ0) is 16.4. The minimum Gasteiger partial charge on any atom is -0.325 e. The van der Waals surface area contributed by atoms with E-state index >= 15 is 0 Å². The Hall–Kier alpha value is -2.17. The first-order valence-corrected chi connectivity index (χ1v) is 7.98. The normalized spacial score (nSPS) is 20.5. The fraction of sp³-hybridized carbons (Fsp3) is 0.316. The summed E-state index contributed by atoms with van der Waals surface area (Å²) in [5.74, 6) is -0.00267. The van der Waals surface area contributed by atoms with Gasteiger partial charge in [-0.3, -0.25) is 4.79 Å². The third-order valence-electron chi connectivity index (χ3n) is 4.19. The van der Waals surface area contributed by atoms with Crippen LogP contribution in [0.1, 0.15) is 34.7 Å². The molecule has 120 valence electrons. The summed E-state index contributed by atoms with van der Waals surface area (Å²) < 4.78 is 0. The molecule has 1 heterocycles. The Kier molecular flexibility index (Phi) is 4.46. The highest BCUT2D eigenvalue weighted by Crippen LogP contribution is 2.23. The van der Waals surface area contributed by atoms with E-state index in [4.69, 9.17) is 0 Å². The summed E-state index contributed by atoms with van der Waals surface area (Å²) in [6.07, 6.45) is 0.736. The number of amides is 1. The fourth-order valence-corrected chi connectivity index (χ4v) is 3.02. The number of anilines is 1. The maximum absolute atomic E-state index is 12.5. The number of carbonyl (C=O) groups is 1. The average Bonchev–Trinajstić information content (AvgIpc) is 2.97. The van der Waals surface area contributed by atoms with Gasteiger partial charge in [0.2, 0.25) is 5.91 Å². The Bertz CT molecular complexity index is 689. The summed E-state index contributed by atoms with van der Waals surface area (Å²) >= 11 is 0. The molecule has 23 heavy (non-hydrogen) atoms. The zero-order valence-electron chi connectivity index (χ0n) is 13.8. The molecule has 2 atom stereocenters. The van der Waals surface area contributed by atoms with Crippen molar-refractivity contribution in [2.75, 3.05) is 5.32 Å². The average molecular weight is 309 g/mol. The number of carbonyl (C=O) groups excluding carboxylic acids is 1. The van der Waals surface area contributed by atoms with E-state index in [1.165, 1.54) is 11.1 Å². The van der Waals surface area contributed by atoms with E-state index in [2.05, 4.69) is 53.4 Å². The van der Waals surface area contributed by atoms with Crippen LogP contribution in [0.2, 0.25) is 0 Å². The summed E-state index contributed by atoms with van der Waals surface area (Å²) in [5, 5.41) is 3.01. The smallest absolute Gasteiger partial charge is 0.242 e. The molecule has 0 aromatic heterocycles. The van der Waals surface area contributed by atoms with Crippen molar-refractivity contribution in [2.45, 2.75) is 39.3 Å². The molecule has 2 aromatic rings. The van der Waals surface area contributed by atoms with E-state index in [-0.39, 0.29) is 18.0 Å². The van der Waals surface area contributed by atoms with Gasteiger partial charge >= 0.3 is 0 Å². The van der Waals surface area contributed by atoms with Crippen molar-refractivity contribution in [3.63, 3.8) is 0 Å². The molecule has 0 radical (unpaired) electrons. The van der Waals surface area contributed by atoms with E-state index in [0.29, 0.717) is 0 Å². The molecule has 1 aliphatic heterocycles. The topological polar surface area (TPSA) is 53.2 Å². The number of rotatable bonds is 3. The molecule has 0 saturated carbocycles. The van der Waals surface area contributed by atoms with Crippen LogP contribution in [-0.4, -0.2) is 11.9 Å². The molecule has 0 aliphatic carbocycles. The molecule has 3 N–H and O–H groups in total. The lowest BCUT2D eigenvalue weighted by Crippen LogP contribution is -2.39. The van der Waals surface area contributed by atoms with E-state index < -0.39 is 0 Å². The van der Waals surface area contributed by atoms with Crippen molar-refractivity contribution in [1.29, 1.82) is 0 Å². The molecule has 1 saturated heterocycles. The summed E-state index contributed by atoms with van der Waals surface area (Å²) in [5.41, 5.74) is 11.9. The van der Waals surface area contributed by atoms with Crippen LogP contribution in [0.3, 0.4) is 0 Å². The number of hydrogen-bond acceptors (Lipinski definition) is 3. The lowest BCUT2D eigenvalue weighted by molar-refractivity contribution is -0.117. The first kappa shape index (κ1) is 15.7. The highest BCUT2D eigenvalue weighted by atomic mass is 16.2. The molecule has 4 nitrogen and oxygen atoms in total. The SMILES string of the molecule is Cc1ccc(C2CC(C(=O)Nc3cc(C)cc(C)c3)NN2)cc1. The van der Waals surface area contributed by atoms with E-state index in [1.807, 2.05) is 26.0 Å². The maximum Gasteiger partial charge on any atom is 0.242 e. The van der Waals surface area contributed by atoms with Gasteiger partial charge in [-0.2, -0.15) is 0 Å². The largest absolute Gasteiger partial charge is 0.325 e. The zero-order valence-corrected chi connectivity index (χ0v) is 13.8. The molecule has 2 unspecified atom stereocenters.